The van der Waals surface area contributed by atoms with Crippen LogP contribution >= 0.6 is 11.6 Å². The third kappa shape index (κ3) is 2.81. The topological polar surface area (TPSA) is 51.8 Å². The maximum atomic E-state index is 5.85. The van der Waals surface area contributed by atoms with Gasteiger partial charge in [0.05, 0.1) is 5.69 Å². The van der Waals surface area contributed by atoms with Crippen LogP contribution in [0.2, 0.25) is 5.15 Å². The summed E-state index contributed by atoms with van der Waals surface area (Å²) in [4.78, 5) is 8.08. The Kier molecular flexibility index (Phi) is 3.71. The number of nitrogens with two attached hydrogens (primary N) is 1. The first-order valence-corrected chi connectivity index (χ1v) is 5.86. The van der Waals surface area contributed by atoms with Gasteiger partial charge in [-0.3, -0.25) is 0 Å². The van der Waals surface area contributed by atoms with Gasteiger partial charge >= 0.3 is 0 Å². The summed E-state index contributed by atoms with van der Waals surface area (Å²) in [6.45, 7) is 2.75. The maximum Gasteiger partial charge on any atom is 0.133 e. The molecule has 0 fully saturated rings. The van der Waals surface area contributed by atoms with Gasteiger partial charge in [0.15, 0.2) is 0 Å². The van der Waals surface area contributed by atoms with Crippen LogP contribution in [0.4, 0.5) is 0 Å². The molecule has 2 rings (SSSR count). The highest BCUT2D eigenvalue weighted by atomic mass is 35.5. The van der Waals surface area contributed by atoms with Crippen LogP contribution in [-0.4, -0.2) is 16.5 Å². The van der Waals surface area contributed by atoms with Crippen molar-refractivity contribution >= 4 is 11.6 Å². The monoisotopic (exact) mass is 247 g/mol. The van der Waals surface area contributed by atoms with E-state index in [0.29, 0.717) is 11.7 Å². The molecule has 0 atom stereocenters. The number of benzene rings is 1. The van der Waals surface area contributed by atoms with Crippen LogP contribution in [0.5, 0.6) is 0 Å². The summed E-state index contributed by atoms with van der Waals surface area (Å²) >= 11 is 5.85. The smallest absolute Gasteiger partial charge is 0.133 e. The lowest BCUT2D eigenvalue weighted by Crippen LogP contribution is -2.04. The van der Waals surface area contributed by atoms with Gasteiger partial charge in [0.1, 0.15) is 11.5 Å². The van der Waals surface area contributed by atoms with Crippen molar-refractivity contribution in [2.24, 2.45) is 5.73 Å². The molecule has 3 nitrogen and oxygen atoms in total. The van der Waals surface area contributed by atoms with Crippen LogP contribution < -0.4 is 5.73 Å². The second-order valence-corrected chi connectivity index (χ2v) is 4.29. The molecule has 2 N–H and O–H groups in total. The molecule has 0 bridgehead atoms. The molecule has 0 spiro atoms. The van der Waals surface area contributed by atoms with E-state index in [9.17, 15) is 0 Å². The normalized spacial score (nSPS) is 10.5. The molecule has 0 aliphatic rings. The van der Waals surface area contributed by atoms with Gasteiger partial charge < -0.3 is 5.73 Å². The quantitative estimate of drug-likeness (QED) is 0.849. The fourth-order valence-electron chi connectivity index (χ4n) is 1.78. The van der Waals surface area contributed by atoms with Gasteiger partial charge in [-0.25, -0.2) is 9.97 Å². The Labute approximate surface area is 106 Å². The van der Waals surface area contributed by atoms with Crippen LogP contribution in [0.25, 0.3) is 11.3 Å². The van der Waals surface area contributed by atoms with E-state index in [1.54, 1.807) is 6.07 Å². The molecule has 0 unspecified atom stereocenters. The van der Waals surface area contributed by atoms with Gasteiger partial charge in [-0.15, -0.1) is 0 Å². The molecule has 0 saturated carbocycles. The van der Waals surface area contributed by atoms with Crippen molar-refractivity contribution in [3.8, 4) is 11.3 Å². The molecule has 4 heteroatoms. The fourth-order valence-corrected chi connectivity index (χ4v) is 1.93. The highest BCUT2D eigenvalue weighted by Crippen LogP contribution is 2.22. The lowest BCUT2D eigenvalue weighted by molar-refractivity contribution is 0.958. The van der Waals surface area contributed by atoms with Gasteiger partial charge in [0, 0.05) is 11.6 Å². The van der Waals surface area contributed by atoms with Crippen molar-refractivity contribution < 1.29 is 0 Å². The largest absolute Gasteiger partial charge is 0.330 e. The molecular weight excluding hydrogens is 234 g/mol. The Morgan fingerprint density at radius 1 is 1.24 bits per heavy atom. The van der Waals surface area contributed by atoms with Crippen LogP contribution in [0, 0.1) is 6.92 Å². The van der Waals surface area contributed by atoms with E-state index in [-0.39, 0.29) is 0 Å². The van der Waals surface area contributed by atoms with Gasteiger partial charge in [-0.05, 0) is 37.1 Å². The summed E-state index contributed by atoms with van der Waals surface area (Å²) in [5, 5.41) is 0.457. The first kappa shape index (κ1) is 12.0. The molecule has 1 aromatic carbocycles. The molecule has 0 saturated heterocycles. The zero-order valence-electron chi connectivity index (χ0n) is 9.65. The molecule has 0 amide bonds. The minimum Gasteiger partial charge on any atom is -0.330 e. The maximum absolute atomic E-state index is 5.85. The summed E-state index contributed by atoms with van der Waals surface area (Å²) in [5.74, 6) is 0. The Balaban J connectivity index is 2.37. The first-order valence-electron chi connectivity index (χ1n) is 5.48. The number of hydrogen-bond donors (Lipinski definition) is 1. The SMILES string of the molecule is Cc1cc(-c2cc(Cl)ncn2)ccc1CCN. The highest BCUT2D eigenvalue weighted by Gasteiger charge is 2.04. The fraction of sp³-hybridized carbons (Fsp3) is 0.231. The number of rotatable bonds is 3. The minimum absolute atomic E-state index is 0.457. The van der Waals surface area contributed by atoms with Crippen LogP contribution in [-0.2, 0) is 6.42 Å². The standard InChI is InChI=1S/C13H14ClN3/c1-9-6-11(3-2-10(9)4-5-15)12-7-13(14)17-8-16-12/h2-3,6-8H,4-5,15H2,1H3. The van der Waals surface area contributed by atoms with Crippen molar-refractivity contribution in [2.75, 3.05) is 6.54 Å². The van der Waals surface area contributed by atoms with E-state index >= 15 is 0 Å². The number of nitrogens with zero attached hydrogens (tertiary/aromatic N) is 2. The Hall–Kier alpha value is -1.45. The number of hydrogen-bond acceptors (Lipinski definition) is 3. The van der Waals surface area contributed by atoms with Gasteiger partial charge in [-0.2, -0.15) is 0 Å². The molecular formula is C13H14ClN3. The average molecular weight is 248 g/mol. The average Bonchev–Trinajstić information content (AvgIpc) is 2.32. The third-order valence-corrected chi connectivity index (χ3v) is 2.89. The first-order chi connectivity index (χ1) is 8.20. The molecule has 0 radical (unpaired) electrons. The van der Waals surface area contributed by atoms with E-state index in [0.717, 1.165) is 17.7 Å². The number of halogens is 1. The summed E-state index contributed by atoms with van der Waals surface area (Å²) in [6, 6.07) is 7.99. The minimum atomic E-state index is 0.457. The molecule has 88 valence electrons. The molecule has 1 heterocycles. The second kappa shape index (κ2) is 5.25. The van der Waals surface area contributed by atoms with Gasteiger partial charge in [-0.1, -0.05) is 23.7 Å². The van der Waals surface area contributed by atoms with Crippen molar-refractivity contribution in [1.82, 2.24) is 9.97 Å². The molecule has 17 heavy (non-hydrogen) atoms. The highest BCUT2D eigenvalue weighted by molar-refractivity contribution is 6.29. The van der Waals surface area contributed by atoms with E-state index in [2.05, 4.69) is 29.0 Å². The van der Waals surface area contributed by atoms with Crippen LogP contribution in [0.15, 0.2) is 30.6 Å². The third-order valence-electron chi connectivity index (χ3n) is 2.69. The predicted molar refractivity (Wildman–Crippen MR) is 70.0 cm³/mol. The predicted octanol–water partition coefficient (Wildman–Crippen LogP) is 2.61. The van der Waals surface area contributed by atoms with Crippen LogP contribution in [0.3, 0.4) is 0 Å². The van der Waals surface area contributed by atoms with E-state index in [4.69, 9.17) is 17.3 Å². The molecule has 2 aromatic rings. The zero-order chi connectivity index (χ0) is 12.3. The van der Waals surface area contributed by atoms with Gasteiger partial charge in [0.25, 0.3) is 0 Å². The summed E-state index contributed by atoms with van der Waals surface area (Å²) in [7, 11) is 0. The number of aryl methyl sites for hydroxylation is 1. The van der Waals surface area contributed by atoms with E-state index in [1.807, 2.05) is 6.07 Å². The second-order valence-electron chi connectivity index (χ2n) is 3.91. The molecule has 0 aliphatic heterocycles. The Morgan fingerprint density at radius 2 is 2.06 bits per heavy atom. The zero-order valence-corrected chi connectivity index (χ0v) is 10.4. The summed E-state index contributed by atoms with van der Waals surface area (Å²) < 4.78 is 0. The van der Waals surface area contributed by atoms with Crippen molar-refractivity contribution in [3.63, 3.8) is 0 Å². The van der Waals surface area contributed by atoms with Crippen LogP contribution in [0.1, 0.15) is 11.1 Å². The van der Waals surface area contributed by atoms with Crippen molar-refractivity contribution in [2.45, 2.75) is 13.3 Å². The number of aromatic nitrogens is 2. The van der Waals surface area contributed by atoms with Crippen molar-refractivity contribution in [1.29, 1.82) is 0 Å². The lowest BCUT2D eigenvalue weighted by atomic mass is 10.0. The van der Waals surface area contributed by atoms with E-state index in [1.165, 1.54) is 17.5 Å². The molecule has 1 aromatic heterocycles. The Bertz CT molecular complexity index is 526. The summed E-state index contributed by atoms with van der Waals surface area (Å²) in [6.07, 6.45) is 2.37. The summed E-state index contributed by atoms with van der Waals surface area (Å²) in [5.41, 5.74) is 9.95. The molecule has 0 aliphatic carbocycles. The van der Waals surface area contributed by atoms with Gasteiger partial charge in [0.2, 0.25) is 0 Å². The lowest BCUT2D eigenvalue weighted by Gasteiger charge is -2.07. The van der Waals surface area contributed by atoms with E-state index < -0.39 is 0 Å². The van der Waals surface area contributed by atoms with Crippen molar-refractivity contribution in [3.05, 3.63) is 46.9 Å². The Morgan fingerprint density at radius 3 is 2.71 bits per heavy atom.